The lowest BCUT2D eigenvalue weighted by molar-refractivity contribution is 0.205. The van der Waals surface area contributed by atoms with Crippen molar-refractivity contribution in [2.45, 2.75) is 18.9 Å². The summed E-state index contributed by atoms with van der Waals surface area (Å²) in [7, 11) is 0. The van der Waals surface area contributed by atoms with Crippen LogP contribution < -0.4 is 10.6 Å². The van der Waals surface area contributed by atoms with Crippen molar-refractivity contribution in [2.75, 3.05) is 17.3 Å². The summed E-state index contributed by atoms with van der Waals surface area (Å²) in [5, 5.41) is 19.8. The Bertz CT molecular complexity index is 482. The van der Waals surface area contributed by atoms with Crippen LogP contribution in [-0.2, 0) is 0 Å². The van der Waals surface area contributed by atoms with Gasteiger partial charge in [0.05, 0.1) is 0 Å². The standard InChI is InChI=1S/C12H15N3O2/c13-8-2-1-3-10(6-8)15-7-14(9-4-5-9)11(16)12(15)17/h1-3,6,9,16-17H,4-5,7,13H2. The number of hydrogen-bond donors (Lipinski definition) is 3. The Kier molecular flexibility index (Phi) is 2.07. The third kappa shape index (κ3) is 1.63. The Morgan fingerprint density at radius 3 is 2.59 bits per heavy atom. The van der Waals surface area contributed by atoms with Gasteiger partial charge in [0.1, 0.15) is 6.67 Å². The van der Waals surface area contributed by atoms with E-state index in [1.54, 1.807) is 17.0 Å². The highest BCUT2D eigenvalue weighted by atomic mass is 16.3. The quantitative estimate of drug-likeness (QED) is 0.679. The summed E-state index contributed by atoms with van der Waals surface area (Å²) in [6.07, 6.45) is 2.14. The van der Waals surface area contributed by atoms with Gasteiger partial charge in [-0.3, -0.25) is 4.90 Å². The average Bonchev–Trinajstić information content (AvgIpc) is 3.09. The van der Waals surface area contributed by atoms with E-state index in [1.807, 2.05) is 17.0 Å². The first-order valence-electron chi connectivity index (χ1n) is 5.69. The first kappa shape index (κ1) is 10.1. The lowest BCUT2D eigenvalue weighted by Gasteiger charge is -2.21. The van der Waals surface area contributed by atoms with Crippen LogP contribution in [0.3, 0.4) is 0 Å². The largest absolute Gasteiger partial charge is 0.491 e. The van der Waals surface area contributed by atoms with Crippen LogP contribution >= 0.6 is 0 Å². The molecule has 0 aromatic heterocycles. The number of aliphatic hydroxyl groups is 2. The predicted molar refractivity (Wildman–Crippen MR) is 65.3 cm³/mol. The third-order valence-electron chi connectivity index (χ3n) is 3.19. The van der Waals surface area contributed by atoms with Crippen molar-refractivity contribution in [2.24, 2.45) is 0 Å². The minimum Gasteiger partial charge on any atom is -0.491 e. The molecular weight excluding hydrogens is 218 g/mol. The summed E-state index contributed by atoms with van der Waals surface area (Å²) >= 11 is 0. The van der Waals surface area contributed by atoms with Crippen LogP contribution in [0.1, 0.15) is 12.8 Å². The van der Waals surface area contributed by atoms with E-state index in [4.69, 9.17) is 5.73 Å². The first-order chi connectivity index (χ1) is 8.16. The fraction of sp³-hybridized carbons (Fsp3) is 0.333. The summed E-state index contributed by atoms with van der Waals surface area (Å²) < 4.78 is 0. The Hall–Kier alpha value is -2.04. The zero-order chi connectivity index (χ0) is 12.0. The Balaban J connectivity index is 1.90. The van der Waals surface area contributed by atoms with Gasteiger partial charge in [-0.25, -0.2) is 0 Å². The Labute approximate surface area is 99.4 Å². The molecule has 90 valence electrons. The molecule has 0 atom stereocenters. The molecule has 1 aromatic carbocycles. The Morgan fingerprint density at radius 1 is 1.18 bits per heavy atom. The predicted octanol–water partition coefficient (Wildman–Crippen LogP) is 1.75. The normalized spacial score (nSPS) is 20.2. The molecule has 1 saturated carbocycles. The molecule has 1 aromatic rings. The number of nitrogens with zero attached hydrogens (tertiary/aromatic N) is 2. The average molecular weight is 233 g/mol. The molecule has 0 radical (unpaired) electrons. The maximum Gasteiger partial charge on any atom is 0.255 e. The molecule has 0 amide bonds. The fourth-order valence-corrected chi connectivity index (χ4v) is 2.11. The minimum atomic E-state index is -0.0949. The zero-order valence-corrected chi connectivity index (χ0v) is 9.37. The highest BCUT2D eigenvalue weighted by Crippen LogP contribution is 2.36. The van der Waals surface area contributed by atoms with Crippen molar-refractivity contribution in [3.63, 3.8) is 0 Å². The number of benzene rings is 1. The second kappa shape index (κ2) is 3.48. The molecule has 0 spiro atoms. The van der Waals surface area contributed by atoms with Crippen LogP contribution in [0.4, 0.5) is 11.4 Å². The van der Waals surface area contributed by atoms with Crippen LogP contribution in [0, 0.1) is 0 Å². The topological polar surface area (TPSA) is 73.0 Å². The van der Waals surface area contributed by atoms with Gasteiger partial charge >= 0.3 is 0 Å². The lowest BCUT2D eigenvalue weighted by atomic mass is 10.2. The molecule has 1 aliphatic heterocycles. The van der Waals surface area contributed by atoms with Gasteiger partial charge in [0.25, 0.3) is 11.8 Å². The van der Waals surface area contributed by atoms with E-state index in [-0.39, 0.29) is 11.8 Å². The first-order valence-corrected chi connectivity index (χ1v) is 5.69. The number of anilines is 2. The molecule has 1 aliphatic carbocycles. The summed E-state index contributed by atoms with van der Waals surface area (Å²) in [5.41, 5.74) is 7.14. The van der Waals surface area contributed by atoms with Crippen molar-refractivity contribution >= 4 is 11.4 Å². The molecule has 2 aliphatic rings. The lowest BCUT2D eigenvalue weighted by Crippen LogP contribution is -2.29. The maximum atomic E-state index is 9.92. The summed E-state index contributed by atoms with van der Waals surface area (Å²) in [6, 6.07) is 7.62. The molecule has 0 unspecified atom stereocenters. The molecule has 17 heavy (non-hydrogen) atoms. The van der Waals surface area contributed by atoms with E-state index in [2.05, 4.69) is 0 Å². The van der Waals surface area contributed by atoms with E-state index in [0.29, 0.717) is 18.4 Å². The third-order valence-corrected chi connectivity index (χ3v) is 3.19. The van der Waals surface area contributed by atoms with Crippen LogP contribution in [0.2, 0.25) is 0 Å². The van der Waals surface area contributed by atoms with Gasteiger partial charge in [-0.1, -0.05) is 6.07 Å². The number of nitrogens with two attached hydrogens (primary N) is 1. The van der Waals surface area contributed by atoms with Crippen LogP contribution in [0.5, 0.6) is 0 Å². The molecule has 1 heterocycles. The van der Waals surface area contributed by atoms with Crippen LogP contribution in [-0.4, -0.2) is 27.8 Å². The SMILES string of the molecule is Nc1cccc(N2CN(C3CC3)C(O)=C2O)c1. The van der Waals surface area contributed by atoms with E-state index in [0.717, 1.165) is 18.5 Å². The molecule has 1 fully saturated rings. The highest BCUT2D eigenvalue weighted by Gasteiger charge is 2.39. The molecule has 4 N–H and O–H groups in total. The minimum absolute atomic E-state index is 0.0325. The van der Waals surface area contributed by atoms with Gasteiger partial charge in [-0.05, 0) is 31.0 Å². The van der Waals surface area contributed by atoms with Crippen molar-refractivity contribution < 1.29 is 10.2 Å². The van der Waals surface area contributed by atoms with Crippen molar-refractivity contribution in [3.8, 4) is 0 Å². The summed E-state index contributed by atoms with van der Waals surface area (Å²) in [4.78, 5) is 3.47. The zero-order valence-electron chi connectivity index (χ0n) is 9.37. The fourth-order valence-electron chi connectivity index (χ4n) is 2.11. The molecule has 3 rings (SSSR count). The molecule has 5 nitrogen and oxygen atoms in total. The van der Waals surface area contributed by atoms with Crippen molar-refractivity contribution in [3.05, 3.63) is 36.0 Å². The van der Waals surface area contributed by atoms with E-state index in [1.165, 1.54) is 0 Å². The van der Waals surface area contributed by atoms with Gasteiger partial charge in [0, 0.05) is 17.4 Å². The molecule has 0 bridgehead atoms. The highest BCUT2D eigenvalue weighted by molar-refractivity contribution is 5.59. The van der Waals surface area contributed by atoms with Gasteiger partial charge in [-0.2, -0.15) is 0 Å². The maximum absolute atomic E-state index is 9.92. The smallest absolute Gasteiger partial charge is 0.255 e. The molecule has 0 saturated heterocycles. The number of nitrogen functional groups attached to an aromatic ring is 1. The van der Waals surface area contributed by atoms with Gasteiger partial charge in [-0.15, -0.1) is 0 Å². The van der Waals surface area contributed by atoms with Gasteiger partial charge in [0.2, 0.25) is 0 Å². The monoisotopic (exact) mass is 233 g/mol. The molecular formula is C12H15N3O2. The van der Waals surface area contributed by atoms with Crippen LogP contribution in [0.25, 0.3) is 0 Å². The molecule has 5 heteroatoms. The second-order valence-corrected chi connectivity index (χ2v) is 4.51. The number of aliphatic hydroxyl groups excluding tert-OH is 2. The number of hydrogen-bond acceptors (Lipinski definition) is 5. The van der Waals surface area contributed by atoms with E-state index in [9.17, 15) is 10.2 Å². The van der Waals surface area contributed by atoms with E-state index < -0.39 is 0 Å². The van der Waals surface area contributed by atoms with Crippen molar-refractivity contribution in [1.82, 2.24) is 4.90 Å². The van der Waals surface area contributed by atoms with Crippen LogP contribution in [0.15, 0.2) is 36.0 Å². The summed E-state index contributed by atoms with van der Waals surface area (Å²) in [6.45, 7) is 0.478. The van der Waals surface area contributed by atoms with Crippen molar-refractivity contribution in [1.29, 1.82) is 0 Å². The van der Waals surface area contributed by atoms with E-state index >= 15 is 0 Å². The summed E-state index contributed by atoms with van der Waals surface area (Å²) in [5.74, 6) is -0.127. The van der Waals surface area contributed by atoms with Gasteiger partial charge in [0.15, 0.2) is 0 Å². The Morgan fingerprint density at radius 2 is 1.94 bits per heavy atom. The second-order valence-electron chi connectivity index (χ2n) is 4.51. The van der Waals surface area contributed by atoms with Gasteiger partial charge < -0.3 is 20.8 Å². The number of rotatable bonds is 2.